The maximum atomic E-state index is 12.3. The van der Waals surface area contributed by atoms with E-state index in [0.717, 1.165) is 12.8 Å². The Balaban J connectivity index is 1.81. The lowest BCUT2D eigenvalue weighted by molar-refractivity contribution is -0.154. The Bertz CT molecular complexity index is 635. The quantitative estimate of drug-likeness (QED) is 0.846. The summed E-state index contributed by atoms with van der Waals surface area (Å²) >= 11 is 0. The van der Waals surface area contributed by atoms with Crippen LogP contribution in [0.4, 0.5) is 0 Å². The van der Waals surface area contributed by atoms with Crippen LogP contribution in [0.15, 0.2) is 29.2 Å². The second-order valence-electron chi connectivity index (χ2n) is 5.88. The van der Waals surface area contributed by atoms with E-state index in [-0.39, 0.29) is 29.8 Å². The molecule has 2 fully saturated rings. The molecule has 21 heavy (non-hydrogen) atoms. The average molecular weight is 289 g/mol. The van der Waals surface area contributed by atoms with Gasteiger partial charge in [0.15, 0.2) is 0 Å². The largest absolute Gasteiger partial charge is 0.345 e. The predicted molar refractivity (Wildman–Crippen MR) is 76.6 cm³/mol. The molecule has 0 spiro atoms. The van der Waals surface area contributed by atoms with E-state index in [0.29, 0.717) is 13.1 Å². The molecule has 1 unspecified atom stereocenters. The summed E-state index contributed by atoms with van der Waals surface area (Å²) in [6.45, 7) is 2.67. The fourth-order valence-electron chi connectivity index (χ4n) is 3.07. The van der Waals surface area contributed by atoms with Gasteiger partial charge in [-0.05, 0) is 31.7 Å². The van der Waals surface area contributed by atoms with Crippen molar-refractivity contribution in [1.29, 1.82) is 0 Å². The van der Waals surface area contributed by atoms with E-state index in [1.165, 1.54) is 6.07 Å². The van der Waals surface area contributed by atoms with Crippen LogP contribution in [0.25, 0.3) is 0 Å². The molecular formula is C15H19N3O3. The van der Waals surface area contributed by atoms with E-state index >= 15 is 0 Å². The summed E-state index contributed by atoms with van der Waals surface area (Å²) in [6.07, 6.45) is 3.64. The van der Waals surface area contributed by atoms with Crippen LogP contribution in [-0.2, 0) is 16.1 Å². The summed E-state index contributed by atoms with van der Waals surface area (Å²) in [7, 11) is 0. The molecule has 112 valence electrons. The van der Waals surface area contributed by atoms with Gasteiger partial charge in [0.25, 0.3) is 5.56 Å². The lowest BCUT2D eigenvalue weighted by atomic mass is 9.90. The minimum absolute atomic E-state index is 0.0465. The van der Waals surface area contributed by atoms with E-state index in [1.807, 2.05) is 6.92 Å². The van der Waals surface area contributed by atoms with Gasteiger partial charge in [0, 0.05) is 25.4 Å². The smallest absolute Gasteiger partial charge is 0.250 e. The molecule has 6 heteroatoms. The zero-order chi connectivity index (χ0) is 15.0. The first-order valence-electron chi connectivity index (χ1n) is 7.27. The van der Waals surface area contributed by atoms with Crippen molar-refractivity contribution in [2.45, 2.75) is 31.8 Å². The number of nitrogens with one attached hydrogen (secondary N) is 1. The van der Waals surface area contributed by atoms with Gasteiger partial charge in [-0.1, -0.05) is 6.07 Å². The summed E-state index contributed by atoms with van der Waals surface area (Å²) in [5.41, 5.74) is -0.868. The van der Waals surface area contributed by atoms with Gasteiger partial charge in [0.1, 0.15) is 5.54 Å². The zero-order valence-corrected chi connectivity index (χ0v) is 12.0. The number of carbonyl (C=O) groups is 2. The monoisotopic (exact) mass is 289 g/mol. The maximum Gasteiger partial charge on any atom is 0.250 e. The highest BCUT2D eigenvalue weighted by molar-refractivity contribution is 5.98. The van der Waals surface area contributed by atoms with E-state index < -0.39 is 5.54 Å². The molecule has 1 atom stereocenters. The van der Waals surface area contributed by atoms with Crippen LogP contribution in [0.1, 0.15) is 19.8 Å². The molecule has 2 amide bonds. The molecule has 3 rings (SSSR count). The van der Waals surface area contributed by atoms with Gasteiger partial charge in [-0.15, -0.1) is 0 Å². The van der Waals surface area contributed by atoms with Gasteiger partial charge >= 0.3 is 0 Å². The highest BCUT2D eigenvalue weighted by atomic mass is 16.2. The average Bonchev–Trinajstić information content (AvgIpc) is 3.30. The molecule has 1 saturated carbocycles. The van der Waals surface area contributed by atoms with Gasteiger partial charge in [0.2, 0.25) is 11.8 Å². The minimum Gasteiger partial charge on any atom is -0.345 e. The Hall–Kier alpha value is -2.11. The van der Waals surface area contributed by atoms with Crippen molar-refractivity contribution >= 4 is 11.8 Å². The molecule has 0 aromatic carbocycles. The van der Waals surface area contributed by atoms with Crippen LogP contribution in [0, 0.1) is 5.92 Å². The molecule has 2 aliphatic rings. The first-order valence-corrected chi connectivity index (χ1v) is 7.27. The number of carbonyl (C=O) groups excluding carboxylic acids is 2. The molecule has 1 aliphatic heterocycles. The van der Waals surface area contributed by atoms with E-state index in [9.17, 15) is 14.4 Å². The number of rotatable bonds is 4. The summed E-state index contributed by atoms with van der Waals surface area (Å²) < 4.78 is 1.56. The number of aromatic nitrogens is 1. The first kappa shape index (κ1) is 13.9. The maximum absolute atomic E-state index is 12.3. The number of pyridine rings is 1. The van der Waals surface area contributed by atoms with Crippen molar-refractivity contribution in [2.24, 2.45) is 5.92 Å². The summed E-state index contributed by atoms with van der Waals surface area (Å²) in [5.74, 6) is 0.0761. The Kier molecular flexibility index (Phi) is 3.31. The van der Waals surface area contributed by atoms with Crippen molar-refractivity contribution < 1.29 is 9.59 Å². The number of hydrogen-bond donors (Lipinski definition) is 1. The SMILES string of the molecule is CC1(C2CC2)C(=O)NCC(=O)N1CCn1ccccc1=O. The van der Waals surface area contributed by atoms with Gasteiger partial charge in [-0.2, -0.15) is 0 Å². The van der Waals surface area contributed by atoms with Gasteiger partial charge in [0.05, 0.1) is 6.54 Å². The molecule has 6 nitrogen and oxygen atoms in total. The molecule has 1 saturated heterocycles. The third-order valence-corrected chi connectivity index (χ3v) is 4.56. The second kappa shape index (κ2) is 5.02. The minimum atomic E-state index is -0.770. The van der Waals surface area contributed by atoms with Gasteiger partial charge in [-0.3, -0.25) is 14.4 Å². The van der Waals surface area contributed by atoms with Crippen LogP contribution in [-0.4, -0.2) is 39.9 Å². The van der Waals surface area contributed by atoms with Crippen LogP contribution in [0.2, 0.25) is 0 Å². The molecule has 1 aromatic rings. The topological polar surface area (TPSA) is 71.4 Å². The fraction of sp³-hybridized carbons (Fsp3) is 0.533. The third kappa shape index (κ3) is 2.34. The zero-order valence-electron chi connectivity index (χ0n) is 12.0. The molecule has 1 aromatic heterocycles. The molecular weight excluding hydrogens is 270 g/mol. The predicted octanol–water partition coefficient (Wildman–Crippen LogP) is -0.0246. The number of piperazine rings is 1. The van der Waals surface area contributed by atoms with Gasteiger partial charge in [-0.25, -0.2) is 0 Å². The van der Waals surface area contributed by atoms with Crippen LogP contribution in [0.5, 0.6) is 0 Å². The Labute approximate surface area is 122 Å². The molecule has 1 aliphatic carbocycles. The highest BCUT2D eigenvalue weighted by Crippen LogP contribution is 2.44. The van der Waals surface area contributed by atoms with Crippen molar-refractivity contribution in [1.82, 2.24) is 14.8 Å². The van der Waals surface area contributed by atoms with Crippen LogP contribution >= 0.6 is 0 Å². The van der Waals surface area contributed by atoms with E-state index in [1.54, 1.807) is 27.8 Å². The Morgan fingerprint density at radius 2 is 2.00 bits per heavy atom. The van der Waals surface area contributed by atoms with Crippen molar-refractivity contribution in [3.05, 3.63) is 34.7 Å². The Morgan fingerprint density at radius 3 is 2.67 bits per heavy atom. The first-order chi connectivity index (χ1) is 10.0. The van der Waals surface area contributed by atoms with Crippen LogP contribution in [0.3, 0.4) is 0 Å². The van der Waals surface area contributed by atoms with Gasteiger partial charge < -0.3 is 14.8 Å². The standard InChI is InChI=1S/C15H19N3O3/c1-15(11-5-6-11)14(21)16-10-13(20)18(15)9-8-17-7-3-2-4-12(17)19/h2-4,7,11H,5-6,8-10H2,1H3,(H,16,21). The summed E-state index contributed by atoms with van der Waals surface area (Å²) in [6, 6.07) is 4.96. The number of hydrogen-bond acceptors (Lipinski definition) is 3. The Morgan fingerprint density at radius 1 is 1.24 bits per heavy atom. The normalized spacial score (nSPS) is 25.9. The molecule has 0 radical (unpaired) electrons. The fourth-order valence-corrected chi connectivity index (χ4v) is 3.07. The number of nitrogens with zero attached hydrogens (tertiary/aromatic N) is 2. The lowest BCUT2D eigenvalue weighted by Crippen LogP contribution is -2.67. The summed E-state index contributed by atoms with van der Waals surface area (Å²) in [5, 5.41) is 2.68. The van der Waals surface area contributed by atoms with E-state index in [2.05, 4.69) is 5.32 Å². The highest BCUT2D eigenvalue weighted by Gasteiger charge is 2.54. The molecule has 2 heterocycles. The summed E-state index contributed by atoms with van der Waals surface area (Å²) in [4.78, 5) is 37.9. The molecule has 1 N–H and O–H groups in total. The number of amides is 2. The van der Waals surface area contributed by atoms with Crippen molar-refractivity contribution in [3.8, 4) is 0 Å². The van der Waals surface area contributed by atoms with Crippen molar-refractivity contribution in [2.75, 3.05) is 13.1 Å². The third-order valence-electron chi connectivity index (χ3n) is 4.56. The second-order valence-corrected chi connectivity index (χ2v) is 5.88. The lowest BCUT2D eigenvalue weighted by Gasteiger charge is -2.44. The van der Waals surface area contributed by atoms with E-state index in [4.69, 9.17) is 0 Å². The van der Waals surface area contributed by atoms with Crippen LogP contribution < -0.4 is 10.9 Å². The molecule has 0 bridgehead atoms. The van der Waals surface area contributed by atoms with Crippen molar-refractivity contribution in [3.63, 3.8) is 0 Å².